The largest absolute Gasteiger partial charge is 0.351 e. The normalized spacial score (nSPS) is 12.2. The molecule has 0 spiro atoms. The van der Waals surface area contributed by atoms with Crippen molar-refractivity contribution in [2.24, 2.45) is 5.92 Å². The van der Waals surface area contributed by atoms with Crippen LogP contribution in [0, 0.1) is 5.92 Å². The van der Waals surface area contributed by atoms with Crippen molar-refractivity contribution in [1.82, 2.24) is 10.3 Å². The average Bonchev–Trinajstić information content (AvgIpc) is 2.70. The molecule has 1 N–H and O–H groups in total. The maximum atomic E-state index is 4.50. The number of nitrogens with one attached hydrogen (secondary N) is 1. The zero-order valence-electron chi connectivity index (χ0n) is 12.6. The maximum Gasteiger partial charge on any atom is 0.185 e. The standard InChI is InChI=1S/C14H27N3S/c1-11(2)7-8-17(6)13-15-9-12(18-13)10-16-14(3,4)5/h9,11,16H,7-8,10H2,1-6H3. The van der Waals surface area contributed by atoms with Crippen molar-refractivity contribution in [3.63, 3.8) is 0 Å². The number of anilines is 1. The predicted octanol–water partition coefficient (Wildman–Crippen LogP) is 3.51. The molecule has 0 unspecified atom stereocenters. The van der Waals surface area contributed by atoms with Crippen molar-refractivity contribution in [3.05, 3.63) is 11.1 Å². The van der Waals surface area contributed by atoms with Crippen LogP contribution < -0.4 is 10.2 Å². The number of nitrogens with zero attached hydrogens (tertiary/aromatic N) is 2. The third kappa shape index (κ3) is 5.83. The van der Waals surface area contributed by atoms with E-state index in [1.807, 2.05) is 6.20 Å². The number of hydrogen-bond acceptors (Lipinski definition) is 4. The van der Waals surface area contributed by atoms with Gasteiger partial charge < -0.3 is 10.2 Å². The number of hydrogen-bond donors (Lipinski definition) is 1. The van der Waals surface area contributed by atoms with Gasteiger partial charge in [-0.25, -0.2) is 4.98 Å². The van der Waals surface area contributed by atoms with Crippen LogP contribution >= 0.6 is 11.3 Å². The molecule has 1 aromatic heterocycles. The van der Waals surface area contributed by atoms with Gasteiger partial charge in [0.1, 0.15) is 0 Å². The summed E-state index contributed by atoms with van der Waals surface area (Å²) >= 11 is 1.79. The van der Waals surface area contributed by atoms with Crippen LogP contribution in [0.3, 0.4) is 0 Å². The molecule has 1 rings (SSSR count). The van der Waals surface area contributed by atoms with E-state index in [1.54, 1.807) is 11.3 Å². The quantitative estimate of drug-likeness (QED) is 0.856. The molecule has 4 heteroatoms. The molecule has 0 aliphatic rings. The number of thiazole rings is 1. The number of rotatable bonds is 6. The summed E-state index contributed by atoms with van der Waals surface area (Å²) in [6, 6.07) is 0. The average molecular weight is 269 g/mol. The number of aromatic nitrogens is 1. The SMILES string of the molecule is CC(C)CCN(C)c1ncc(CNC(C)(C)C)s1. The molecule has 0 saturated heterocycles. The van der Waals surface area contributed by atoms with Crippen LogP contribution in [0.25, 0.3) is 0 Å². The van der Waals surface area contributed by atoms with E-state index in [0.29, 0.717) is 0 Å². The van der Waals surface area contributed by atoms with E-state index in [1.165, 1.54) is 11.3 Å². The first-order valence-corrected chi connectivity index (χ1v) is 7.50. The maximum absolute atomic E-state index is 4.50. The Labute approximate surface area is 116 Å². The Kier molecular flexibility index (Phi) is 5.60. The molecular formula is C14H27N3S. The summed E-state index contributed by atoms with van der Waals surface area (Å²) in [6.45, 7) is 13.1. The zero-order chi connectivity index (χ0) is 13.8. The molecule has 0 aliphatic heterocycles. The monoisotopic (exact) mass is 269 g/mol. The lowest BCUT2D eigenvalue weighted by atomic mass is 10.1. The van der Waals surface area contributed by atoms with Gasteiger partial charge >= 0.3 is 0 Å². The summed E-state index contributed by atoms with van der Waals surface area (Å²) in [5, 5.41) is 4.62. The van der Waals surface area contributed by atoms with Gasteiger partial charge in [0.15, 0.2) is 5.13 Å². The molecule has 0 aliphatic carbocycles. The van der Waals surface area contributed by atoms with Crippen LogP contribution in [-0.2, 0) is 6.54 Å². The second-order valence-electron chi connectivity index (χ2n) is 6.32. The van der Waals surface area contributed by atoms with Gasteiger partial charge in [0.05, 0.1) is 0 Å². The predicted molar refractivity (Wildman–Crippen MR) is 81.4 cm³/mol. The van der Waals surface area contributed by atoms with Gasteiger partial charge in [-0.2, -0.15) is 0 Å². The minimum atomic E-state index is 0.160. The van der Waals surface area contributed by atoms with Gasteiger partial charge in [-0.3, -0.25) is 0 Å². The summed E-state index contributed by atoms with van der Waals surface area (Å²) < 4.78 is 0. The summed E-state index contributed by atoms with van der Waals surface area (Å²) in [7, 11) is 2.13. The molecule has 104 valence electrons. The Balaban J connectivity index is 2.47. The molecular weight excluding hydrogens is 242 g/mol. The highest BCUT2D eigenvalue weighted by molar-refractivity contribution is 7.15. The second-order valence-corrected chi connectivity index (χ2v) is 7.41. The van der Waals surface area contributed by atoms with Gasteiger partial charge in [0, 0.05) is 36.8 Å². The van der Waals surface area contributed by atoms with E-state index in [9.17, 15) is 0 Å². The molecule has 1 heterocycles. The second kappa shape index (κ2) is 6.53. The van der Waals surface area contributed by atoms with Crippen molar-refractivity contribution in [2.45, 2.75) is 53.1 Å². The third-order valence-corrected chi connectivity index (χ3v) is 3.81. The summed E-state index contributed by atoms with van der Waals surface area (Å²) in [5.41, 5.74) is 0.160. The first-order valence-electron chi connectivity index (χ1n) is 6.69. The topological polar surface area (TPSA) is 28.2 Å². The summed E-state index contributed by atoms with van der Waals surface area (Å²) in [6.07, 6.45) is 3.20. The van der Waals surface area contributed by atoms with Crippen molar-refractivity contribution < 1.29 is 0 Å². The van der Waals surface area contributed by atoms with Gasteiger partial charge in [0.2, 0.25) is 0 Å². The fourth-order valence-electron chi connectivity index (χ4n) is 1.46. The third-order valence-electron chi connectivity index (χ3n) is 2.70. The van der Waals surface area contributed by atoms with Crippen LogP contribution in [0.15, 0.2) is 6.20 Å². The van der Waals surface area contributed by atoms with E-state index < -0.39 is 0 Å². The van der Waals surface area contributed by atoms with Crippen LogP contribution in [0.5, 0.6) is 0 Å². The van der Waals surface area contributed by atoms with Gasteiger partial charge in [0.25, 0.3) is 0 Å². The lowest BCUT2D eigenvalue weighted by Crippen LogP contribution is -2.34. The molecule has 18 heavy (non-hydrogen) atoms. The molecule has 1 aromatic rings. The highest BCUT2D eigenvalue weighted by atomic mass is 32.1. The van der Waals surface area contributed by atoms with Crippen molar-refractivity contribution in [1.29, 1.82) is 0 Å². The lowest BCUT2D eigenvalue weighted by Gasteiger charge is -2.19. The van der Waals surface area contributed by atoms with Crippen molar-refractivity contribution in [2.75, 3.05) is 18.5 Å². The minimum Gasteiger partial charge on any atom is -0.351 e. The van der Waals surface area contributed by atoms with Crippen LogP contribution in [-0.4, -0.2) is 24.1 Å². The van der Waals surface area contributed by atoms with Crippen molar-refractivity contribution >= 4 is 16.5 Å². The van der Waals surface area contributed by atoms with Gasteiger partial charge in [-0.15, -0.1) is 11.3 Å². The molecule has 3 nitrogen and oxygen atoms in total. The first-order chi connectivity index (χ1) is 8.28. The van der Waals surface area contributed by atoms with E-state index in [2.05, 4.69) is 56.9 Å². The Morgan fingerprint density at radius 3 is 2.61 bits per heavy atom. The molecule has 0 amide bonds. The molecule has 0 radical (unpaired) electrons. The Hall–Kier alpha value is -0.610. The Morgan fingerprint density at radius 2 is 2.06 bits per heavy atom. The van der Waals surface area contributed by atoms with E-state index in [-0.39, 0.29) is 5.54 Å². The van der Waals surface area contributed by atoms with Gasteiger partial charge in [-0.1, -0.05) is 13.8 Å². The van der Waals surface area contributed by atoms with E-state index in [0.717, 1.165) is 24.1 Å². The molecule has 0 aromatic carbocycles. The lowest BCUT2D eigenvalue weighted by molar-refractivity contribution is 0.426. The Morgan fingerprint density at radius 1 is 1.39 bits per heavy atom. The fraction of sp³-hybridized carbons (Fsp3) is 0.786. The van der Waals surface area contributed by atoms with Crippen LogP contribution in [0.2, 0.25) is 0 Å². The first kappa shape index (κ1) is 15.4. The molecule has 0 fully saturated rings. The molecule has 0 saturated carbocycles. The molecule has 0 bridgehead atoms. The van der Waals surface area contributed by atoms with E-state index in [4.69, 9.17) is 0 Å². The van der Waals surface area contributed by atoms with Crippen LogP contribution in [0.1, 0.15) is 45.9 Å². The van der Waals surface area contributed by atoms with Gasteiger partial charge in [-0.05, 0) is 33.1 Å². The van der Waals surface area contributed by atoms with E-state index >= 15 is 0 Å². The van der Waals surface area contributed by atoms with Crippen molar-refractivity contribution in [3.8, 4) is 0 Å². The highest BCUT2D eigenvalue weighted by Crippen LogP contribution is 2.22. The molecule has 0 atom stereocenters. The summed E-state index contributed by atoms with van der Waals surface area (Å²) in [4.78, 5) is 8.06. The zero-order valence-corrected chi connectivity index (χ0v) is 13.4. The Bertz CT molecular complexity index is 352. The van der Waals surface area contributed by atoms with Crippen LogP contribution in [0.4, 0.5) is 5.13 Å². The fourth-order valence-corrected chi connectivity index (χ4v) is 2.29. The minimum absolute atomic E-state index is 0.160. The summed E-state index contributed by atoms with van der Waals surface area (Å²) in [5.74, 6) is 0.745. The highest BCUT2D eigenvalue weighted by Gasteiger charge is 2.11. The smallest absolute Gasteiger partial charge is 0.185 e.